The molecule has 0 spiro atoms. The topological polar surface area (TPSA) is 39.6 Å². The monoisotopic (exact) mass is 303 g/mol. The molecule has 2 fully saturated rings. The zero-order valence-electron chi connectivity index (χ0n) is 13.5. The van der Waals surface area contributed by atoms with E-state index in [9.17, 15) is 5.11 Å². The van der Waals surface area contributed by atoms with Crippen molar-refractivity contribution in [2.24, 2.45) is 11.8 Å². The number of aliphatic hydroxyl groups is 1. The molecule has 4 nitrogen and oxygen atoms in total. The van der Waals surface area contributed by atoms with Crippen molar-refractivity contribution >= 4 is 0 Å². The highest BCUT2D eigenvalue weighted by molar-refractivity contribution is 5.08. The van der Waals surface area contributed by atoms with Crippen molar-refractivity contribution < 1.29 is 5.11 Å². The Morgan fingerprint density at radius 2 is 1.82 bits per heavy atom. The van der Waals surface area contributed by atoms with Crippen LogP contribution in [0.3, 0.4) is 0 Å². The first-order valence-corrected chi connectivity index (χ1v) is 8.79. The third-order valence-corrected chi connectivity index (χ3v) is 5.21. The molecule has 0 unspecified atom stereocenters. The molecule has 2 saturated heterocycles. The second kappa shape index (κ2) is 8.04. The molecule has 3 rings (SSSR count). The second-order valence-corrected chi connectivity index (χ2v) is 6.97. The average Bonchev–Trinajstić information content (AvgIpc) is 2.74. The van der Waals surface area contributed by atoms with Gasteiger partial charge >= 0.3 is 0 Å². The van der Waals surface area contributed by atoms with E-state index in [4.69, 9.17) is 0 Å². The largest absolute Gasteiger partial charge is 0.396 e. The zero-order valence-corrected chi connectivity index (χ0v) is 13.5. The summed E-state index contributed by atoms with van der Waals surface area (Å²) in [6, 6.07) is 4.15. The Morgan fingerprint density at radius 1 is 1.05 bits per heavy atom. The van der Waals surface area contributed by atoms with E-state index < -0.39 is 0 Å². The lowest BCUT2D eigenvalue weighted by molar-refractivity contribution is 0.165. The summed E-state index contributed by atoms with van der Waals surface area (Å²) in [6.45, 7) is 7.06. The average molecular weight is 303 g/mol. The fourth-order valence-electron chi connectivity index (χ4n) is 3.98. The van der Waals surface area contributed by atoms with Crippen LogP contribution in [0.2, 0.25) is 0 Å². The van der Waals surface area contributed by atoms with Crippen LogP contribution >= 0.6 is 0 Å². The summed E-state index contributed by atoms with van der Waals surface area (Å²) >= 11 is 0. The minimum atomic E-state index is 0.321. The van der Waals surface area contributed by atoms with Crippen LogP contribution in [-0.2, 0) is 6.54 Å². The highest BCUT2D eigenvalue weighted by atomic mass is 16.3. The number of hydrogen-bond acceptors (Lipinski definition) is 4. The van der Waals surface area contributed by atoms with Gasteiger partial charge in [0, 0.05) is 45.2 Å². The standard InChI is InChI=1S/C18H29N3O/c22-15-18-14-21(11-16-6-5-7-19-10-16)13-17(18)12-20-8-3-1-2-4-9-20/h5-7,10,17-18,22H,1-4,8-9,11-15H2/t17-,18-/m0/s1. The van der Waals surface area contributed by atoms with Crippen molar-refractivity contribution in [3.63, 3.8) is 0 Å². The summed E-state index contributed by atoms with van der Waals surface area (Å²) in [7, 11) is 0. The molecular formula is C18H29N3O. The van der Waals surface area contributed by atoms with Gasteiger partial charge in [0.2, 0.25) is 0 Å². The highest BCUT2D eigenvalue weighted by Crippen LogP contribution is 2.26. The van der Waals surface area contributed by atoms with Gasteiger partial charge in [-0.3, -0.25) is 9.88 Å². The molecule has 1 aromatic heterocycles. The predicted octanol–water partition coefficient (Wildman–Crippen LogP) is 2.00. The number of nitrogens with zero attached hydrogens (tertiary/aromatic N) is 3. The minimum absolute atomic E-state index is 0.321. The van der Waals surface area contributed by atoms with Gasteiger partial charge in [0.05, 0.1) is 0 Å². The van der Waals surface area contributed by atoms with Gasteiger partial charge in [-0.15, -0.1) is 0 Å². The Hall–Kier alpha value is -0.970. The van der Waals surface area contributed by atoms with Crippen LogP contribution in [0.15, 0.2) is 24.5 Å². The maximum atomic E-state index is 9.75. The molecule has 22 heavy (non-hydrogen) atoms. The van der Waals surface area contributed by atoms with E-state index >= 15 is 0 Å². The quantitative estimate of drug-likeness (QED) is 0.903. The van der Waals surface area contributed by atoms with Gasteiger partial charge in [-0.1, -0.05) is 18.9 Å². The lowest BCUT2D eigenvalue weighted by Gasteiger charge is -2.26. The Bertz CT molecular complexity index is 431. The number of rotatable bonds is 5. The molecule has 0 aromatic carbocycles. The van der Waals surface area contributed by atoms with E-state index in [2.05, 4.69) is 20.9 Å². The number of aliphatic hydroxyl groups excluding tert-OH is 1. The molecule has 0 aliphatic carbocycles. The summed E-state index contributed by atoms with van der Waals surface area (Å²) in [6.07, 6.45) is 9.24. The maximum absolute atomic E-state index is 9.75. The van der Waals surface area contributed by atoms with Crippen molar-refractivity contribution in [2.45, 2.75) is 32.2 Å². The second-order valence-electron chi connectivity index (χ2n) is 6.97. The fourth-order valence-corrected chi connectivity index (χ4v) is 3.98. The first kappa shape index (κ1) is 15.9. The molecule has 2 aliphatic rings. The summed E-state index contributed by atoms with van der Waals surface area (Å²) in [5.41, 5.74) is 1.27. The van der Waals surface area contributed by atoms with Crippen molar-refractivity contribution in [3.05, 3.63) is 30.1 Å². The van der Waals surface area contributed by atoms with E-state index in [0.717, 1.165) is 26.2 Å². The van der Waals surface area contributed by atoms with Crippen molar-refractivity contribution in [1.29, 1.82) is 0 Å². The maximum Gasteiger partial charge on any atom is 0.0475 e. The summed E-state index contributed by atoms with van der Waals surface area (Å²) in [4.78, 5) is 9.32. The molecule has 122 valence electrons. The van der Waals surface area contributed by atoms with Crippen LogP contribution in [-0.4, -0.2) is 59.2 Å². The van der Waals surface area contributed by atoms with Crippen LogP contribution in [0.1, 0.15) is 31.2 Å². The van der Waals surface area contributed by atoms with Crippen LogP contribution in [0.4, 0.5) is 0 Å². The lowest BCUT2D eigenvalue weighted by atomic mass is 9.96. The number of pyridine rings is 1. The summed E-state index contributed by atoms with van der Waals surface area (Å²) < 4.78 is 0. The Balaban J connectivity index is 1.54. The van der Waals surface area contributed by atoms with Crippen molar-refractivity contribution in [2.75, 3.05) is 39.3 Å². The van der Waals surface area contributed by atoms with Crippen LogP contribution in [0.5, 0.6) is 0 Å². The lowest BCUT2D eigenvalue weighted by Crippen LogP contribution is -2.34. The molecule has 4 heteroatoms. The highest BCUT2D eigenvalue weighted by Gasteiger charge is 2.33. The van der Waals surface area contributed by atoms with Gasteiger partial charge in [-0.2, -0.15) is 0 Å². The van der Waals surface area contributed by atoms with Crippen LogP contribution < -0.4 is 0 Å². The van der Waals surface area contributed by atoms with Crippen LogP contribution in [0.25, 0.3) is 0 Å². The van der Waals surface area contributed by atoms with E-state index in [1.165, 1.54) is 44.3 Å². The summed E-state index contributed by atoms with van der Waals surface area (Å²) in [5.74, 6) is 1.04. The molecule has 3 heterocycles. The SMILES string of the molecule is OC[C@@H]1CN(Cc2cccnc2)C[C@@H]1CN1CCCCCC1. The molecular weight excluding hydrogens is 274 g/mol. The van der Waals surface area contributed by atoms with Gasteiger partial charge < -0.3 is 10.0 Å². The van der Waals surface area contributed by atoms with Gasteiger partial charge in [0.15, 0.2) is 0 Å². The third-order valence-electron chi connectivity index (χ3n) is 5.21. The first-order valence-electron chi connectivity index (χ1n) is 8.79. The van der Waals surface area contributed by atoms with E-state index in [-0.39, 0.29) is 0 Å². The van der Waals surface area contributed by atoms with E-state index in [1.54, 1.807) is 0 Å². The predicted molar refractivity (Wildman–Crippen MR) is 88.5 cm³/mol. The first-order chi connectivity index (χ1) is 10.8. The minimum Gasteiger partial charge on any atom is -0.396 e. The molecule has 0 radical (unpaired) electrons. The smallest absolute Gasteiger partial charge is 0.0475 e. The Kier molecular flexibility index (Phi) is 5.82. The normalized spacial score (nSPS) is 27.9. The number of likely N-dealkylation sites (tertiary alicyclic amines) is 2. The third kappa shape index (κ3) is 4.28. The van der Waals surface area contributed by atoms with Crippen LogP contribution in [0, 0.1) is 11.8 Å². The molecule has 1 aromatic rings. The van der Waals surface area contributed by atoms with Gasteiger partial charge in [0.1, 0.15) is 0 Å². The zero-order chi connectivity index (χ0) is 15.2. The molecule has 2 aliphatic heterocycles. The Labute approximate surface area is 134 Å². The number of hydrogen-bond donors (Lipinski definition) is 1. The van der Waals surface area contributed by atoms with Crippen molar-refractivity contribution in [1.82, 2.24) is 14.8 Å². The van der Waals surface area contributed by atoms with E-state index in [0.29, 0.717) is 18.4 Å². The van der Waals surface area contributed by atoms with Gasteiger partial charge in [-0.25, -0.2) is 0 Å². The number of aromatic nitrogens is 1. The van der Waals surface area contributed by atoms with E-state index in [1.807, 2.05) is 18.5 Å². The molecule has 0 amide bonds. The molecule has 0 bridgehead atoms. The summed E-state index contributed by atoms with van der Waals surface area (Å²) in [5, 5.41) is 9.75. The molecule has 0 saturated carbocycles. The van der Waals surface area contributed by atoms with Gasteiger partial charge in [0.25, 0.3) is 0 Å². The van der Waals surface area contributed by atoms with Crippen molar-refractivity contribution in [3.8, 4) is 0 Å². The molecule has 2 atom stereocenters. The Morgan fingerprint density at radius 3 is 2.50 bits per heavy atom. The van der Waals surface area contributed by atoms with Gasteiger partial charge in [-0.05, 0) is 49.4 Å². The molecule has 1 N–H and O–H groups in total. The fraction of sp³-hybridized carbons (Fsp3) is 0.722.